The molecule has 1 amide bonds. The number of rotatable bonds is 4. The summed E-state index contributed by atoms with van der Waals surface area (Å²) in [6, 6.07) is 1.46. The van der Waals surface area contributed by atoms with Gasteiger partial charge in [-0.15, -0.1) is 0 Å². The van der Waals surface area contributed by atoms with Gasteiger partial charge in [-0.25, -0.2) is 4.79 Å². The summed E-state index contributed by atoms with van der Waals surface area (Å²) in [5.41, 5.74) is 0.189. The first-order chi connectivity index (χ1) is 6.63. The molecule has 0 aliphatic heterocycles. The average molecular weight is 196 g/mol. The van der Waals surface area contributed by atoms with Gasteiger partial charge in [-0.3, -0.25) is 4.79 Å². The molecule has 0 aliphatic rings. The number of aromatic nitrogens is 1. The van der Waals surface area contributed by atoms with Crippen molar-refractivity contribution in [3.05, 3.63) is 24.0 Å². The van der Waals surface area contributed by atoms with Crippen LogP contribution >= 0.6 is 0 Å². The first kappa shape index (κ1) is 10.3. The van der Waals surface area contributed by atoms with Crippen LogP contribution in [-0.2, 0) is 11.3 Å². The van der Waals surface area contributed by atoms with Gasteiger partial charge >= 0.3 is 5.97 Å². The summed E-state index contributed by atoms with van der Waals surface area (Å²) in [5, 5.41) is 11.2. The molecule has 0 spiro atoms. The van der Waals surface area contributed by atoms with E-state index >= 15 is 0 Å². The highest BCUT2D eigenvalue weighted by Gasteiger charge is 2.06. The van der Waals surface area contributed by atoms with E-state index in [0.29, 0.717) is 6.54 Å². The Labute approximate surface area is 81.3 Å². The normalized spacial score (nSPS) is 9.79. The smallest absolute Gasteiger partial charge is 0.337 e. The number of carboxylic acid groups (broad SMARTS) is 1. The first-order valence-electron chi connectivity index (χ1n) is 4.29. The maximum Gasteiger partial charge on any atom is 0.337 e. The predicted octanol–water partition coefficient (Wildman–Crippen LogP) is 0.322. The van der Waals surface area contributed by atoms with Crippen molar-refractivity contribution in [2.75, 3.05) is 6.54 Å². The monoisotopic (exact) mass is 196 g/mol. The number of nitrogens with zero attached hydrogens (tertiary/aromatic N) is 1. The highest BCUT2D eigenvalue weighted by atomic mass is 16.4. The minimum absolute atomic E-state index is 0.125. The highest BCUT2D eigenvalue weighted by molar-refractivity contribution is 5.87. The van der Waals surface area contributed by atoms with Gasteiger partial charge in [0.25, 0.3) is 0 Å². The van der Waals surface area contributed by atoms with Crippen molar-refractivity contribution in [2.24, 2.45) is 0 Å². The van der Waals surface area contributed by atoms with E-state index < -0.39 is 5.97 Å². The van der Waals surface area contributed by atoms with Crippen molar-refractivity contribution in [3.8, 4) is 0 Å². The predicted molar refractivity (Wildman–Crippen MR) is 50.1 cm³/mol. The van der Waals surface area contributed by atoms with Gasteiger partial charge in [0.15, 0.2) is 0 Å². The zero-order chi connectivity index (χ0) is 10.6. The van der Waals surface area contributed by atoms with Crippen LogP contribution in [0.15, 0.2) is 18.5 Å². The molecule has 5 heteroatoms. The van der Waals surface area contributed by atoms with Crippen LogP contribution in [0.1, 0.15) is 17.3 Å². The van der Waals surface area contributed by atoms with E-state index in [2.05, 4.69) is 5.32 Å². The quantitative estimate of drug-likeness (QED) is 0.728. The second-order valence-corrected chi connectivity index (χ2v) is 2.83. The lowest BCUT2D eigenvalue weighted by Gasteiger charge is -2.02. The summed E-state index contributed by atoms with van der Waals surface area (Å²) in [7, 11) is 0. The minimum Gasteiger partial charge on any atom is -0.478 e. The van der Waals surface area contributed by atoms with Gasteiger partial charge in [-0.1, -0.05) is 0 Å². The number of carbonyl (C=O) groups excluding carboxylic acids is 1. The Balaban J connectivity index is 2.59. The molecule has 1 heterocycles. The lowest BCUT2D eigenvalue weighted by molar-refractivity contribution is -0.121. The van der Waals surface area contributed by atoms with E-state index in [1.54, 1.807) is 6.20 Å². The molecule has 0 unspecified atom stereocenters. The van der Waals surface area contributed by atoms with Crippen molar-refractivity contribution in [1.29, 1.82) is 0 Å². The fourth-order valence-electron chi connectivity index (χ4n) is 1.08. The van der Waals surface area contributed by atoms with Gasteiger partial charge in [0, 0.05) is 18.9 Å². The van der Waals surface area contributed by atoms with Crippen LogP contribution in [0.3, 0.4) is 0 Å². The van der Waals surface area contributed by atoms with Crippen molar-refractivity contribution in [1.82, 2.24) is 9.88 Å². The lowest BCUT2D eigenvalue weighted by atomic mass is 10.4. The van der Waals surface area contributed by atoms with Crippen LogP contribution < -0.4 is 5.32 Å². The van der Waals surface area contributed by atoms with Gasteiger partial charge < -0.3 is 15.0 Å². The Morgan fingerprint density at radius 1 is 1.57 bits per heavy atom. The maximum absolute atomic E-state index is 11.1. The fourth-order valence-corrected chi connectivity index (χ4v) is 1.08. The van der Waals surface area contributed by atoms with Gasteiger partial charge in [-0.2, -0.15) is 0 Å². The van der Waals surface area contributed by atoms with Crippen LogP contribution in [0.2, 0.25) is 0 Å². The first-order valence-corrected chi connectivity index (χ1v) is 4.29. The third-order valence-corrected chi connectivity index (χ3v) is 1.70. The Kier molecular flexibility index (Phi) is 3.28. The molecule has 0 atom stereocenters. The third kappa shape index (κ3) is 2.62. The zero-order valence-electron chi connectivity index (χ0n) is 7.86. The molecule has 1 rings (SSSR count). The van der Waals surface area contributed by atoms with Crippen molar-refractivity contribution >= 4 is 11.9 Å². The number of hydrogen-bond acceptors (Lipinski definition) is 2. The molecule has 1 aromatic rings. The molecule has 0 radical (unpaired) electrons. The second-order valence-electron chi connectivity index (χ2n) is 2.83. The van der Waals surface area contributed by atoms with E-state index in [1.165, 1.54) is 16.8 Å². The highest BCUT2D eigenvalue weighted by Crippen LogP contribution is 2.00. The van der Waals surface area contributed by atoms with Gasteiger partial charge in [0.2, 0.25) is 5.91 Å². The van der Waals surface area contributed by atoms with Crippen LogP contribution in [0, 0.1) is 0 Å². The summed E-state index contributed by atoms with van der Waals surface area (Å²) in [5.74, 6) is -1.11. The molecule has 0 aliphatic carbocycles. The molecule has 14 heavy (non-hydrogen) atoms. The number of nitrogens with one attached hydrogen (secondary N) is 1. The number of hydrogen-bond donors (Lipinski definition) is 2. The zero-order valence-corrected chi connectivity index (χ0v) is 7.86. The molecule has 0 saturated carbocycles. The summed E-state index contributed by atoms with van der Waals surface area (Å²) in [6.07, 6.45) is 3.00. The number of aromatic carboxylic acids is 1. The summed E-state index contributed by atoms with van der Waals surface area (Å²) in [4.78, 5) is 21.6. The van der Waals surface area contributed by atoms with Gasteiger partial charge in [-0.05, 0) is 13.0 Å². The Bertz CT molecular complexity index is 344. The maximum atomic E-state index is 11.1. The average Bonchev–Trinajstić information content (AvgIpc) is 2.53. The van der Waals surface area contributed by atoms with Crippen molar-refractivity contribution in [3.63, 3.8) is 0 Å². The van der Waals surface area contributed by atoms with E-state index in [1.807, 2.05) is 6.92 Å². The lowest BCUT2D eigenvalue weighted by Crippen LogP contribution is -2.26. The molecule has 5 nitrogen and oxygen atoms in total. The molecule has 0 aromatic carbocycles. The molecule has 76 valence electrons. The second kappa shape index (κ2) is 4.45. The van der Waals surface area contributed by atoms with Gasteiger partial charge in [0.05, 0.1) is 5.56 Å². The third-order valence-electron chi connectivity index (χ3n) is 1.70. The Hall–Kier alpha value is -1.78. The molecular weight excluding hydrogens is 184 g/mol. The SMILES string of the molecule is CCNC(=O)Cn1ccc(C(=O)O)c1. The molecule has 1 aromatic heterocycles. The Morgan fingerprint density at radius 2 is 2.29 bits per heavy atom. The largest absolute Gasteiger partial charge is 0.478 e. The van der Waals surface area contributed by atoms with Crippen molar-refractivity contribution in [2.45, 2.75) is 13.5 Å². The van der Waals surface area contributed by atoms with E-state index in [9.17, 15) is 9.59 Å². The fraction of sp³-hybridized carbons (Fsp3) is 0.333. The Morgan fingerprint density at radius 3 is 2.79 bits per heavy atom. The van der Waals surface area contributed by atoms with E-state index in [-0.39, 0.29) is 18.0 Å². The van der Waals surface area contributed by atoms with E-state index in [0.717, 1.165) is 0 Å². The number of carbonyl (C=O) groups is 2. The molecule has 0 saturated heterocycles. The molecule has 2 N–H and O–H groups in total. The summed E-state index contributed by atoms with van der Waals surface area (Å²) < 4.78 is 1.54. The molecule has 0 bridgehead atoms. The van der Waals surface area contributed by atoms with Crippen LogP contribution in [-0.4, -0.2) is 28.1 Å². The van der Waals surface area contributed by atoms with Crippen LogP contribution in [0.25, 0.3) is 0 Å². The number of likely N-dealkylation sites (N-methyl/N-ethyl adjacent to an activating group) is 1. The van der Waals surface area contributed by atoms with E-state index in [4.69, 9.17) is 5.11 Å². The number of carboxylic acids is 1. The summed E-state index contributed by atoms with van der Waals surface area (Å²) >= 11 is 0. The number of amides is 1. The van der Waals surface area contributed by atoms with Crippen LogP contribution in [0.5, 0.6) is 0 Å². The standard InChI is InChI=1S/C9H12N2O3/c1-2-10-8(12)6-11-4-3-7(5-11)9(13)14/h3-5H,2,6H2,1H3,(H,10,12)(H,13,14). The van der Waals surface area contributed by atoms with Crippen molar-refractivity contribution < 1.29 is 14.7 Å². The summed E-state index contributed by atoms with van der Waals surface area (Å²) in [6.45, 7) is 2.56. The topological polar surface area (TPSA) is 71.3 Å². The van der Waals surface area contributed by atoms with Gasteiger partial charge in [0.1, 0.15) is 6.54 Å². The molecule has 0 fully saturated rings. The molecular formula is C9H12N2O3. The minimum atomic E-state index is -0.986. The van der Waals surface area contributed by atoms with Crippen LogP contribution in [0.4, 0.5) is 0 Å².